The second kappa shape index (κ2) is 9.21. The van der Waals surface area contributed by atoms with Gasteiger partial charge in [-0.05, 0) is 64.5 Å². The molecule has 3 nitrogen and oxygen atoms in total. The van der Waals surface area contributed by atoms with Crippen LogP contribution in [-0.4, -0.2) is 19.3 Å². The van der Waals surface area contributed by atoms with E-state index in [1.165, 1.54) is 10.5 Å². The largest absolute Gasteiger partial charge is 0.369 e. The molecule has 0 atom stereocenters. The molecule has 0 aliphatic heterocycles. The average molecular weight is 415 g/mol. The third-order valence-corrected chi connectivity index (χ3v) is 4.83. The van der Waals surface area contributed by atoms with Crippen LogP contribution in [0.5, 0.6) is 0 Å². The Bertz CT molecular complexity index is 691. The van der Waals surface area contributed by atoms with Crippen molar-refractivity contribution in [2.45, 2.75) is 18.2 Å². The molecule has 0 bridgehead atoms. The van der Waals surface area contributed by atoms with Gasteiger partial charge in [-0.3, -0.25) is 0 Å². The first kappa shape index (κ1) is 19.9. The first-order valence-corrected chi connectivity index (χ1v) is 9.07. The van der Waals surface area contributed by atoms with Gasteiger partial charge in [-0.1, -0.05) is 19.1 Å². The third-order valence-electron chi connectivity index (χ3n) is 3.44. The third kappa shape index (κ3) is 5.16. The Hall–Kier alpha value is -1.17. The first-order valence-electron chi connectivity index (χ1n) is 7.05. The lowest BCUT2D eigenvalue weighted by atomic mass is 10.1. The van der Waals surface area contributed by atoms with E-state index in [0.29, 0.717) is 5.96 Å². The summed E-state index contributed by atoms with van der Waals surface area (Å²) in [6, 6.07) is 14.4. The highest BCUT2D eigenvalue weighted by molar-refractivity contribution is 9.10. The van der Waals surface area contributed by atoms with Crippen molar-refractivity contribution in [1.82, 2.24) is 0 Å². The summed E-state index contributed by atoms with van der Waals surface area (Å²) in [6.45, 7) is 2.13. The maximum Gasteiger partial charge on any atom is 0.200 e. The predicted octanol–water partition coefficient (Wildman–Crippen LogP) is 5.24. The van der Waals surface area contributed by atoms with E-state index in [1.807, 2.05) is 30.1 Å². The Morgan fingerprint density at radius 1 is 1.26 bits per heavy atom. The van der Waals surface area contributed by atoms with Crippen LogP contribution in [0.25, 0.3) is 0 Å². The molecule has 6 heteroatoms. The van der Waals surface area contributed by atoms with Crippen molar-refractivity contribution in [3.05, 3.63) is 52.5 Å². The quantitative estimate of drug-likeness (QED) is 0.423. The molecule has 0 spiro atoms. The fourth-order valence-corrected chi connectivity index (χ4v) is 2.80. The smallest absolute Gasteiger partial charge is 0.200 e. The highest BCUT2D eigenvalue weighted by Gasteiger charge is 2.08. The van der Waals surface area contributed by atoms with E-state index in [9.17, 15) is 0 Å². The molecule has 124 valence electrons. The summed E-state index contributed by atoms with van der Waals surface area (Å²) in [5.41, 5.74) is 9.29. The minimum Gasteiger partial charge on any atom is -0.369 e. The van der Waals surface area contributed by atoms with Gasteiger partial charge in [0, 0.05) is 22.1 Å². The van der Waals surface area contributed by atoms with Crippen molar-refractivity contribution in [1.29, 1.82) is 0 Å². The molecular weight excluding hydrogens is 394 g/mol. The van der Waals surface area contributed by atoms with Crippen molar-refractivity contribution in [2.75, 3.05) is 18.2 Å². The maximum atomic E-state index is 6.18. The standard InChI is InChI=1S/C17H20BrN3S.ClH/c1-4-12-8-9-15(18)16(10-12)20-17(19)21(2)13-6-5-7-14(11-13)22-3;/h5-11H,4H2,1-3H3,(H2,19,20);1H. The highest BCUT2D eigenvalue weighted by atomic mass is 79.9. The summed E-state index contributed by atoms with van der Waals surface area (Å²) in [6.07, 6.45) is 3.03. The average Bonchev–Trinajstić information content (AvgIpc) is 2.56. The molecule has 0 amide bonds. The van der Waals surface area contributed by atoms with E-state index < -0.39 is 0 Å². The first-order chi connectivity index (χ1) is 10.5. The molecule has 0 unspecified atom stereocenters. The second-order valence-corrected chi connectivity index (χ2v) is 6.60. The summed E-state index contributed by atoms with van der Waals surface area (Å²) < 4.78 is 0.943. The lowest BCUT2D eigenvalue weighted by Crippen LogP contribution is -2.33. The lowest BCUT2D eigenvalue weighted by molar-refractivity contribution is 1.13. The van der Waals surface area contributed by atoms with Crippen LogP contribution in [-0.2, 0) is 6.42 Å². The van der Waals surface area contributed by atoms with Gasteiger partial charge in [0.1, 0.15) is 0 Å². The summed E-state index contributed by atoms with van der Waals surface area (Å²) in [5.74, 6) is 0.465. The summed E-state index contributed by atoms with van der Waals surface area (Å²) in [4.78, 5) is 7.66. The van der Waals surface area contributed by atoms with Crippen LogP contribution in [0.2, 0.25) is 0 Å². The minimum absolute atomic E-state index is 0. The van der Waals surface area contributed by atoms with Crippen molar-refractivity contribution in [3.63, 3.8) is 0 Å². The van der Waals surface area contributed by atoms with Crippen molar-refractivity contribution in [2.24, 2.45) is 10.7 Å². The fourth-order valence-electron chi connectivity index (χ4n) is 2.01. The zero-order valence-electron chi connectivity index (χ0n) is 13.4. The predicted molar refractivity (Wildman–Crippen MR) is 109 cm³/mol. The van der Waals surface area contributed by atoms with Gasteiger partial charge in [0.15, 0.2) is 0 Å². The summed E-state index contributed by atoms with van der Waals surface area (Å²) in [5, 5.41) is 0. The molecule has 0 fully saturated rings. The maximum absolute atomic E-state index is 6.18. The number of rotatable bonds is 4. The van der Waals surface area contributed by atoms with E-state index >= 15 is 0 Å². The van der Waals surface area contributed by atoms with Gasteiger partial charge in [-0.2, -0.15) is 0 Å². The van der Waals surface area contributed by atoms with Gasteiger partial charge < -0.3 is 10.6 Å². The van der Waals surface area contributed by atoms with Crippen LogP contribution in [0.4, 0.5) is 11.4 Å². The normalized spacial score (nSPS) is 11.0. The Morgan fingerprint density at radius 2 is 2.00 bits per heavy atom. The number of nitrogens with zero attached hydrogens (tertiary/aromatic N) is 2. The van der Waals surface area contributed by atoms with Gasteiger partial charge in [-0.15, -0.1) is 24.2 Å². The van der Waals surface area contributed by atoms with Gasteiger partial charge in [-0.25, -0.2) is 4.99 Å². The molecule has 2 aromatic carbocycles. The summed E-state index contributed by atoms with van der Waals surface area (Å²) in [7, 11) is 1.93. The van der Waals surface area contributed by atoms with Crippen molar-refractivity contribution < 1.29 is 0 Å². The van der Waals surface area contributed by atoms with Crippen LogP contribution in [0.15, 0.2) is 56.8 Å². The van der Waals surface area contributed by atoms with Crippen molar-refractivity contribution in [3.8, 4) is 0 Å². The van der Waals surface area contributed by atoms with Crippen LogP contribution in [0, 0.1) is 0 Å². The molecule has 0 saturated carbocycles. The number of hydrogen-bond donors (Lipinski definition) is 1. The molecule has 0 saturated heterocycles. The van der Waals surface area contributed by atoms with Crippen molar-refractivity contribution >= 4 is 57.4 Å². The van der Waals surface area contributed by atoms with E-state index in [0.717, 1.165) is 22.3 Å². The molecule has 0 aromatic heterocycles. The highest BCUT2D eigenvalue weighted by Crippen LogP contribution is 2.27. The Morgan fingerprint density at radius 3 is 2.65 bits per heavy atom. The van der Waals surface area contributed by atoms with Gasteiger partial charge in [0.2, 0.25) is 5.96 Å². The number of anilines is 1. The van der Waals surface area contributed by atoms with Crippen LogP contribution in [0.3, 0.4) is 0 Å². The number of aryl methyl sites for hydroxylation is 1. The monoisotopic (exact) mass is 413 g/mol. The summed E-state index contributed by atoms with van der Waals surface area (Å²) >= 11 is 5.24. The minimum atomic E-state index is 0. The van der Waals surface area contributed by atoms with E-state index in [1.54, 1.807) is 11.8 Å². The SMILES string of the molecule is CCc1ccc(Br)c(N=C(N)N(C)c2cccc(SC)c2)c1.Cl. The molecule has 0 aliphatic rings. The van der Waals surface area contributed by atoms with E-state index in [-0.39, 0.29) is 12.4 Å². The Labute approximate surface area is 156 Å². The zero-order chi connectivity index (χ0) is 16.1. The molecule has 0 radical (unpaired) electrons. The van der Waals surface area contributed by atoms with Crippen LogP contribution < -0.4 is 10.6 Å². The van der Waals surface area contributed by atoms with E-state index in [4.69, 9.17) is 5.73 Å². The Balaban J connectivity index is 0.00000264. The van der Waals surface area contributed by atoms with Crippen LogP contribution >= 0.6 is 40.1 Å². The number of nitrogens with two attached hydrogens (primary N) is 1. The molecule has 2 rings (SSSR count). The van der Waals surface area contributed by atoms with Gasteiger partial charge >= 0.3 is 0 Å². The number of guanidine groups is 1. The Kier molecular flexibility index (Phi) is 7.95. The molecule has 2 N–H and O–H groups in total. The van der Waals surface area contributed by atoms with E-state index in [2.05, 4.69) is 58.4 Å². The second-order valence-electron chi connectivity index (χ2n) is 4.87. The topological polar surface area (TPSA) is 41.6 Å². The number of thioether (sulfide) groups is 1. The van der Waals surface area contributed by atoms with Gasteiger partial charge in [0.25, 0.3) is 0 Å². The number of halogens is 2. The number of hydrogen-bond acceptors (Lipinski definition) is 2. The fraction of sp³-hybridized carbons (Fsp3) is 0.235. The molecular formula is C17H21BrClN3S. The molecule has 0 heterocycles. The number of benzene rings is 2. The van der Waals surface area contributed by atoms with Crippen LogP contribution in [0.1, 0.15) is 12.5 Å². The lowest BCUT2D eigenvalue weighted by Gasteiger charge is -2.19. The molecule has 23 heavy (non-hydrogen) atoms. The van der Waals surface area contributed by atoms with Gasteiger partial charge in [0.05, 0.1) is 5.69 Å². The zero-order valence-corrected chi connectivity index (χ0v) is 16.6. The molecule has 0 aliphatic carbocycles. The number of aliphatic imine (C=N–C) groups is 1. The molecule has 2 aromatic rings.